The van der Waals surface area contributed by atoms with Crippen molar-refractivity contribution >= 4 is 5.91 Å². The van der Waals surface area contributed by atoms with Crippen molar-refractivity contribution in [1.82, 2.24) is 29.9 Å². The van der Waals surface area contributed by atoms with Crippen LogP contribution in [0.4, 0.5) is 0 Å². The third-order valence-electron chi connectivity index (χ3n) is 3.58. The van der Waals surface area contributed by atoms with Gasteiger partial charge in [-0.15, -0.1) is 0 Å². The largest absolute Gasteiger partial charge is 0.346 e. The Hall–Kier alpha value is -2.18. The fraction of sp³-hybridized carbons (Fsp3) is 0.600. The standard InChI is InChI=1S/C15H24N6O/c1-11(2)9-13(15-16-10-18-20(15)4)19-14(22)6-8-21-12(3)5-7-17-21/h5,7,10-11,13H,6,8-9H2,1-4H3,(H,19,22)/t13-/m0/s1. The number of carbonyl (C=O) groups is 1. The molecule has 0 unspecified atom stereocenters. The molecule has 2 heterocycles. The molecular formula is C15H24N6O. The summed E-state index contributed by atoms with van der Waals surface area (Å²) in [6.45, 7) is 6.81. The maximum Gasteiger partial charge on any atom is 0.222 e. The third kappa shape index (κ3) is 4.16. The fourth-order valence-corrected chi connectivity index (χ4v) is 2.43. The van der Waals surface area contributed by atoms with Crippen LogP contribution in [0.2, 0.25) is 0 Å². The van der Waals surface area contributed by atoms with E-state index in [9.17, 15) is 4.79 Å². The van der Waals surface area contributed by atoms with E-state index < -0.39 is 0 Å². The predicted molar refractivity (Wildman–Crippen MR) is 82.9 cm³/mol. The molecule has 120 valence electrons. The highest BCUT2D eigenvalue weighted by Crippen LogP contribution is 2.19. The molecule has 0 aliphatic rings. The minimum absolute atomic E-state index is 0.00329. The Balaban J connectivity index is 1.96. The van der Waals surface area contributed by atoms with Gasteiger partial charge in [0, 0.05) is 31.9 Å². The van der Waals surface area contributed by atoms with E-state index in [0.29, 0.717) is 18.9 Å². The Morgan fingerprint density at radius 2 is 2.14 bits per heavy atom. The van der Waals surface area contributed by atoms with Gasteiger partial charge in [-0.2, -0.15) is 10.2 Å². The van der Waals surface area contributed by atoms with Crippen LogP contribution in [0.5, 0.6) is 0 Å². The lowest BCUT2D eigenvalue weighted by Crippen LogP contribution is -2.32. The van der Waals surface area contributed by atoms with E-state index in [2.05, 4.69) is 34.3 Å². The molecular weight excluding hydrogens is 280 g/mol. The number of hydrogen-bond donors (Lipinski definition) is 1. The number of nitrogens with one attached hydrogen (secondary N) is 1. The minimum Gasteiger partial charge on any atom is -0.346 e. The van der Waals surface area contributed by atoms with Gasteiger partial charge in [-0.25, -0.2) is 4.98 Å². The van der Waals surface area contributed by atoms with E-state index >= 15 is 0 Å². The first-order valence-electron chi connectivity index (χ1n) is 7.59. The molecule has 7 heteroatoms. The Labute approximate surface area is 130 Å². The number of nitrogens with zero attached hydrogens (tertiary/aromatic N) is 5. The highest BCUT2D eigenvalue weighted by Gasteiger charge is 2.20. The molecule has 2 rings (SSSR count). The molecule has 1 amide bonds. The molecule has 0 fully saturated rings. The Kier molecular flexibility index (Phi) is 5.30. The van der Waals surface area contributed by atoms with Gasteiger partial charge >= 0.3 is 0 Å². The van der Waals surface area contributed by atoms with Crippen molar-refractivity contribution in [3.63, 3.8) is 0 Å². The van der Waals surface area contributed by atoms with Crippen molar-refractivity contribution in [3.05, 3.63) is 30.1 Å². The van der Waals surface area contributed by atoms with E-state index in [-0.39, 0.29) is 11.9 Å². The predicted octanol–water partition coefficient (Wildman–Crippen LogP) is 1.61. The number of amides is 1. The lowest BCUT2D eigenvalue weighted by molar-refractivity contribution is -0.122. The van der Waals surface area contributed by atoms with E-state index in [1.165, 1.54) is 6.33 Å². The van der Waals surface area contributed by atoms with E-state index in [1.807, 2.05) is 24.7 Å². The molecule has 0 saturated carbocycles. The lowest BCUT2D eigenvalue weighted by atomic mass is 10.0. The van der Waals surface area contributed by atoms with Crippen LogP contribution in [-0.4, -0.2) is 30.5 Å². The highest BCUT2D eigenvalue weighted by molar-refractivity contribution is 5.76. The van der Waals surface area contributed by atoms with Gasteiger partial charge < -0.3 is 5.32 Å². The summed E-state index contributed by atoms with van der Waals surface area (Å²) in [6, 6.07) is 1.82. The van der Waals surface area contributed by atoms with Gasteiger partial charge in [-0.3, -0.25) is 14.2 Å². The summed E-state index contributed by atoms with van der Waals surface area (Å²) in [4.78, 5) is 16.5. The van der Waals surface area contributed by atoms with Gasteiger partial charge in [0.25, 0.3) is 0 Å². The summed E-state index contributed by atoms with van der Waals surface area (Å²) in [7, 11) is 1.84. The summed E-state index contributed by atoms with van der Waals surface area (Å²) in [6.07, 6.45) is 4.49. The van der Waals surface area contributed by atoms with Gasteiger partial charge in [0.15, 0.2) is 0 Å². The summed E-state index contributed by atoms with van der Waals surface area (Å²) in [5.41, 5.74) is 1.06. The normalized spacial score (nSPS) is 12.6. The molecule has 1 N–H and O–H groups in total. The van der Waals surface area contributed by atoms with Crippen molar-refractivity contribution in [2.45, 2.75) is 46.2 Å². The van der Waals surface area contributed by atoms with Gasteiger partial charge in [0.2, 0.25) is 5.91 Å². The maximum absolute atomic E-state index is 12.2. The number of rotatable bonds is 7. The van der Waals surface area contributed by atoms with E-state index in [4.69, 9.17) is 0 Å². The molecule has 1 atom stereocenters. The second kappa shape index (κ2) is 7.20. The molecule has 0 radical (unpaired) electrons. The first-order valence-corrected chi connectivity index (χ1v) is 7.59. The van der Waals surface area contributed by atoms with Gasteiger partial charge in [-0.05, 0) is 25.3 Å². The highest BCUT2D eigenvalue weighted by atomic mass is 16.1. The van der Waals surface area contributed by atoms with Crippen molar-refractivity contribution in [2.24, 2.45) is 13.0 Å². The summed E-state index contributed by atoms with van der Waals surface area (Å²) < 4.78 is 3.55. The van der Waals surface area contributed by atoms with Gasteiger partial charge in [-0.1, -0.05) is 13.8 Å². The molecule has 7 nitrogen and oxygen atoms in total. The monoisotopic (exact) mass is 304 g/mol. The molecule has 0 aliphatic heterocycles. The molecule has 2 aromatic rings. The average Bonchev–Trinajstić information content (AvgIpc) is 3.04. The van der Waals surface area contributed by atoms with Crippen LogP contribution in [-0.2, 0) is 18.4 Å². The zero-order valence-corrected chi connectivity index (χ0v) is 13.7. The second-order valence-corrected chi connectivity index (χ2v) is 5.94. The van der Waals surface area contributed by atoms with Crippen LogP contribution in [0.3, 0.4) is 0 Å². The quantitative estimate of drug-likeness (QED) is 0.843. The summed E-state index contributed by atoms with van der Waals surface area (Å²) >= 11 is 0. The van der Waals surface area contributed by atoms with Crippen molar-refractivity contribution in [1.29, 1.82) is 0 Å². The van der Waals surface area contributed by atoms with Crippen LogP contribution < -0.4 is 5.32 Å². The van der Waals surface area contributed by atoms with Crippen LogP contribution in [0.1, 0.15) is 44.2 Å². The molecule has 0 aromatic carbocycles. The van der Waals surface area contributed by atoms with Crippen LogP contribution in [0.25, 0.3) is 0 Å². The van der Waals surface area contributed by atoms with Crippen LogP contribution in [0, 0.1) is 12.8 Å². The minimum atomic E-state index is -0.112. The number of aryl methyl sites for hydroxylation is 3. The van der Waals surface area contributed by atoms with Crippen LogP contribution >= 0.6 is 0 Å². The third-order valence-corrected chi connectivity index (χ3v) is 3.58. The van der Waals surface area contributed by atoms with Crippen molar-refractivity contribution < 1.29 is 4.79 Å². The Morgan fingerprint density at radius 1 is 1.36 bits per heavy atom. The first kappa shape index (κ1) is 16.2. The van der Waals surface area contributed by atoms with Crippen LogP contribution in [0.15, 0.2) is 18.6 Å². The molecule has 22 heavy (non-hydrogen) atoms. The number of carbonyl (C=O) groups excluding carboxylic acids is 1. The smallest absolute Gasteiger partial charge is 0.222 e. The SMILES string of the molecule is Cc1ccnn1CCC(=O)N[C@@H](CC(C)C)c1ncnn1C. The van der Waals surface area contributed by atoms with Crippen molar-refractivity contribution in [2.75, 3.05) is 0 Å². The molecule has 2 aromatic heterocycles. The maximum atomic E-state index is 12.2. The first-order chi connectivity index (χ1) is 10.5. The second-order valence-electron chi connectivity index (χ2n) is 5.94. The van der Waals surface area contributed by atoms with Gasteiger partial charge in [0.1, 0.15) is 12.2 Å². The molecule has 0 saturated heterocycles. The Morgan fingerprint density at radius 3 is 2.68 bits per heavy atom. The number of aromatic nitrogens is 5. The van der Waals surface area contributed by atoms with E-state index in [1.54, 1.807) is 10.9 Å². The summed E-state index contributed by atoms with van der Waals surface area (Å²) in [5.74, 6) is 1.25. The zero-order chi connectivity index (χ0) is 16.1. The molecule has 0 spiro atoms. The molecule has 0 aliphatic carbocycles. The van der Waals surface area contributed by atoms with E-state index in [0.717, 1.165) is 17.9 Å². The summed E-state index contributed by atoms with van der Waals surface area (Å²) in [5, 5.41) is 11.4. The van der Waals surface area contributed by atoms with Crippen molar-refractivity contribution in [3.8, 4) is 0 Å². The lowest BCUT2D eigenvalue weighted by Gasteiger charge is -2.20. The van der Waals surface area contributed by atoms with Gasteiger partial charge in [0.05, 0.1) is 6.04 Å². The Bertz CT molecular complexity index is 615. The zero-order valence-electron chi connectivity index (χ0n) is 13.7. The molecule has 0 bridgehead atoms. The number of hydrogen-bond acceptors (Lipinski definition) is 4. The fourth-order valence-electron chi connectivity index (χ4n) is 2.43. The topological polar surface area (TPSA) is 77.6 Å². The average molecular weight is 304 g/mol.